The van der Waals surface area contributed by atoms with Crippen molar-refractivity contribution < 1.29 is 0 Å². The second-order valence-corrected chi connectivity index (χ2v) is 9.83. The molecule has 5 atom stereocenters. The highest BCUT2D eigenvalue weighted by Crippen LogP contribution is 2.65. The van der Waals surface area contributed by atoms with Gasteiger partial charge in [-0.1, -0.05) is 63.8 Å². The maximum absolute atomic E-state index is 2.71. The third-order valence-corrected chi connectivity index (χ3v) is 8.53. The number of rotatable bonds is 1. The lowest BCUT2D eigenvalue weighted by Crippen LogP contribution is -2.48. The Labute approximate surface area is 143 Å². The zero-order valence-corrected chi connectivity index (χ0v) is 15.8. The third kappa shape index (κ3) is 2.23. The van der Waals surface area contributed by atoms with Gasteiger partial charge in [-0.15, -0.1) is 0 Å². The van der Waals surface area contributed by atoms with E-state index in [9.17, 15) is 0 Å². The predicted octanol–water partition coefficient (Wildman–Crippen LogP) is 6.92. The molecule has 4 rings (SSSR count). The van der Waals surface area contributed by atoms with Crippen LogP contribution in [0, 0.1) is 34.5 Å². The molecule has 0 spiro atoms. The van der Waals surface area contributed by atoms with E-state index in [2.05, 4.69) is 39.8 Å². The number of hydrogen-bond acceptors (Lipinski definition) is 0. The molecule has 0 aromatic rings. The van der Waals surface area contributed by atoms with Crippen molar-refractivity contribution in [1.82, 2.24) is 0 Å². The Morgan fingerprint density at radius 1 is 0.913 bits per heavy atom. The molecular weight excluding hydrogens is 276 g/mol. The molecular formula is C23H36. The Morgan fingerprint density at radius 3 is 2.52 bits per heavy atom. The van der Waals surface area contributed by atoms with E-state index in [-0.39, 0.29) is 0 Å². The van der Waals surface area contributed by atoms with Crippen LogP contribution in [0.1, 0.15) is 85.5 Å². The molecule has 0 saturated heterocycles. The summed E-state index contributed by atoms with van der Waals surface area (Å²) < 4.78 is 0. The monoisotopic (exact) mass is 312 g/mol. The third-order valence-electron chi connectivity index (χ3n) is 8.53. The van der Waals surface area contributed by atoms with Crippen molar-refractivity contribution in [1.29, 1.82) is 0 Å². The molecule has 0 radical (unpaired) electrons. The summed E-state index contributed by atoms with van der Waals surface area (Å²) in [6, 6.07) is 0. The fourth-order valence-electron chi connectivity index (χ4n) is 7.37. The van der Waals surface area contributed by atoms with E-state index in [1.54, 1.807) is 5.57 Å². The van der Waals surface area contributed by atoms with Crippen LogP contribution in [-0.2, 0) is 0 Å². The van der Waals surface area contributed by atoms with Crippen LogP contribution < -0.4 is 0 Å². The van der Waals surface area contributed by atoms with Crippen LogP contribution >= 0.6 is 0 Å². The van der Waals surface area contributed by atoms with Gasteiger partial charge in [0.15, 0.2) is 0 Å². The van der Waals surface area contributed by atoms with Crippen molar-refractivity contribution in [2.24, 2.45) is 34.5 Å². The van der Waals surface area contributed by atoms with Crippen LogP contribution in [0.5, 0.6) is 0 Å². The van der Waals surface area contributed by atoms with Crippen molar-refractivity contribution in [2.45, 2.75) is 85.5 Å². The molecule has 128 valence electrons. The molecule has 0 heterocycles. The molecule has 2 saturated carbocycles. The molecule has 5 unspecified atom stereocenters. The van der Waals surface area contributed by atoms with E-state index < -0.39 is 0 Å². The summed E-state index contributed by atoms with van der Waals surface area (Å²) in [5.41, 5.74) is 4.71. The first-order chi connectivity index (χ1) is 11.0. The van der Waals surface area contributed by atoms with Gasteiger partial charge in [0.1, 0.15) is 0 Å². The Bertz CT molecular complexity index is 536. The molecule has 0 aromatic carbocycles. The summed E-state index contributed by atoms with van der Waals surface area (Å²) in [6.07, 6.45) is 18.3. The van der Waals surface area contributed by atoms with Gasteiger partial charge in [-0.3, -0.25) is 0 Å². The molecule has 0 nitrogen and oxygen atoms in total. The molecule has 4 aliphatic carbocycles. The largest absolute Gasteiger partial charge is 0.0845 e. The fraction of sp³-hybridized carbons (Fsp3) is 0.826. The van der Waals surface area contributed by atoms with Crippen molar-refractivity contribution in [3.63, 3.8) is 0 Å². The zero-order valence-electron chi connectivity index (χ0n) is 15.8. The first kappa shape index (κ1) is 16.0. The number of hydrogen-bond donors (Lipinski definition) is 0. The Morgan fingerprint density at radius 2 is 1.74 bits per heavy atom. The first-order valence-electron chi connectivity index (χ1n) is 10.4. The molecule has 0 heteroatoms. The molecule has 23 heavy (non-hydrogen) atoms. The molecule has 0 N–H and O–H groups in total. The van der Waals surface area contributed by atoms with E-state index in [0.29, 0.717) is 10.8 Å². The SMILES string of the molecule is CC(C)C1=CCC2C3CC=C4CCCCCC4(C)C3CCC12C. The lowest BCUT2D eigenvalue weighted by Gasteiger charge is -2.56. The van der Waals surface area contributed by atoms with Crippen molar-refractivity contribution in [2.75, 3.05) is 0 Å². The summed E-state index contributed by atoms with van der Waals surface area (Å²) in [5.74, 6) is 3.59. The summed E-state index contributed by atoms with van der Waals surface area (Å²) in [6.45, 7) is 10.1. The van der Waals surface area contributed by atoms with E-state index in [0.717, 1.165) is 23.7 Å². The number of fused-ring (bicyclic) bond motifs is 5. The Balaban J connectivity index is 1.67. The lowest BCUT2D eigenvalue weighted by molar-refractivity contribution is -0.0130. The normalized spacial score (nSPS) is 46.4. The van der Waals surface area contributed by atoms with E-state index >= 15 is 0 Å². The maximum Gasteiger partial charge on any atom is -0.00797 e. The van der Waals surface area contributed by atoms with Gasteiger partial charge in [0.05, 0.1) is 0 Å². The van der Waals surface area contributed by atoms with Crippen LogP contribution in [0.15, 0.2) is 23.3 Å². The Hall–Kier alpha value is -0.520. The highest BCUT2D eigenvalue weighted by atomic mass is 14.6. The molecule has 0 aliphatic heterocycles. The molecule has 0 aromatic heterocycles. The van der Waals surface area contributed by atoms with E-state index in [1.165, 1.54) is 57.8 Å². The van der Waals surface area contributed by atoms with Crippen molar-refractivity contribution in [3.05, 3.63) is 23.3 Å². The first-order valence-corrected chi connectivity index (χ1v) is 10.4. The van der Waals surface area contributed by atoms with Gasteiger partial charge in [0.2, 0.25) is 0 Å². The topological polar surface area (TPSA) is 0 Å². The van der Waals surface area contributed by atoms with Gasteiger partial charge >= 0.3 is 0 Å². The van der Waals surface area contributed by atoms with Gasteiger partial charge in [-0.05, 0) is 79.4 Å². The second kappa shape index (κ2) is 5.50. The average Bonchev–Trinajstić information content (AvgIpc) is 2.74. The standard InChI is InChI=1S/C23H36/c1-16(2)19-11-12-20-18-10-9-17-8-6-5-7-14-22(17,3)21(18)13-15-23(19,20)4/h9,11,16,18,20-21H,5-8,10,12-15H2,1-4H3. The van der Waals surface area contributed by atoms with Gasteiger partial charge in [-0.2, -0.15) is 0 Å². The molecule has 0 bridgehead atoms. The van der Waals surface area contributed by atoms with Crippen molar-refractivity contribution in [3.8, 4) is 0 Å². The van der Waals surface area contributed by atoms with Crippen LogP contribution in [0.25, 0.3) is 0 Å². The maximum atomic E-state index is 2.71. The molecule has 2 fully saturated rings. The van der Waals surface area contributed by atoms with E-state index in [1.807, 2.05) is 5.57 Å². The average molecular weight is 313 g/mol. The van der Waals surface area contributed by atoms with Crippen LogP contribution in [-0.4, -0.2) is 0 Å². The quantitative estimate of drug-likeness (QED) is 0.461. The van der Waals surface area contributed by atoms with Gasteiger partial charge in [0, 0.05) is 0 Å². The second-order valence-electron chi connectivity index (χ2n) is 9.83. The lowest BCUT2D eigenvalue weighted by atomic mass is 9.48. The zero-order chi connectivity index (χ0) is 16.2. The van der Waals surface area contributed by atoms with Gasteiger partial charge in [-0.25, -0.2) is 0 Å². The van der Waals surface area contributed by atoms with Crippen LogP contribution in [0.4, 0.5) is 0 Å². The fourth-order valence-corrected chi connectivity index (χ4v) is 7.37. The summed E-state index contributed by atoms with van der Waals surface area (Å²) in [5, 5.41) is 0. The van der Waals surface area contributed by atoms with Crippen LogP contribution in [0.3, 0.4) is 0 Å². The minimum Gasteiger partial charge on any atom is -0.0845 e. The molecule has 4 aliphatic rings. The highest BCUT2D eigenvalue weighted by molar-refractivity contribution is 5.30. The number of allylic oxidation sites excluding steroid dienone is 4. The summed E-state index contributed by atoms with van der Waals surface area (Å²) >= 11 is 0. The van der Waals surface area contributed by atoms with Gasteiger partial charge < -0.3 is 0 Å². The smallest absolute Gasteiger partial charge is 0.00797 e. The Kier molecular flexibility index (Phi) is 3.82. The van der Waals surface area contributed by atoms with Crippen LogP contribution in [0.2, 0.25) is 0 Å². The predicted molar refractivity (Wildman–Crippen MR) is 99.2 cm³/mol. The minimum atomic E-state index is 0.516. The summed E-state index contributed by atoms with van der Waals surface area (Å²) in [7, 11) is 0. The van der Waals surface area contributed by atoms with Crippen molar-refractivity contribution >= 4 is 0 Å². The van der Waals surface area contributed by atoms with Gasteiger partial charge in [0.25, 0.3) is 0 Å². The minimum absolute atomic E-state index is 0.516. The molecule has 0 amide bonds. The highest BCUT2D eigenvalue weighted by Gasteiger charge is 2.55. The summed E-state index contributed by atoms with van der Waals surface area (Å²) in [4.78, 5) is 0. The van der Waals surface area contributed by atoms with E-state index in [4.69, 9.17) is 0 Å².